The molecule has 102 valence electrons. The molecule has 19 heavy (non-hydrogen) atoms. The van der Waals surface area contributed by atoms with Crippen LogP contribution < -0.4 is 5.32 Å². The molecular formula is C15H20N2OS. The first-order chi connectivity index (χ1) is 9.08. The molecule has 1 N–H and O–H groups in total. The van der Waals surface area contributed by atoms with E-state index < -0.39 is 0 Å². The van der Waals surface area contributed by atoms with Crippen molar-refractivity contribution in [3.05, 3.63) is 29.8 Å². The maximum atomic E-state index is 11.4. The summed E-state index contributed by atoms with van der Waals surface area (Å²) in [5.74, 6) is 0.0703. The highest BCUT2D eigenvalue weighted by atomic mass is 32.1. The fourth-order valence-corrected chi connectivity index (χ4v) is 2.80. The van der Waals surface area contributed by atoms with E-state index in [0.717, 1.165) is 17.3 Å². The molecule has 2 rings (SSSR count). The molecule has 1 aliphatic heterocycles. The molecule has 0 saturated carbocycles. The lowest BCUT2D eigenvalue weighted by atomic mass is 10.0. The topological polar surface area (TPSA) is 32.3 Å². The van der Waals surface area contributed by atoms with Crippen molar-refractivity contribution in [2.24, 2.45) is 0 Å². The number of nitrogens with one attached hydrogen (secondary N) is 1. The average molecular weight is 276 g/mol. The normalized spacial score (nSPS) is 19.1. The van der Waals surface area contributed by atoms with Gasteiger partial charge in [-0.25, -0.2) is 0 Å². The number of piperidine rings is 1. The Hall–Kier alpha value is -1.42. The van der Waals surface area contributed by atoms with Gasteiger partial charge in [0.25, 0.3) is 0 Å². The smallest absolute Gasteiger partial charge is 0.173 e. The van der Waals surface area contributed by atoms with Gasteiger partial charge in [-0.1, -0.05) is 12.1 Å². The largest absolute Gasteiger partial charge is 0.346 e. The molecule has 4 heteroatoms. The summed E-state index contributed by atoms with van der Waals surface area (Å²) >= 11 is 5.47. The number of likely N-dealkylation sites (tertiary alicyclic amines) is 1. The zero-order valence-corrected chi connectivity index (χ0v) is 12.3. The molecular weight excluding hydrogens is 256 g/mol. The van der Waals surface area contributed by atoms with E-state index in [1.165, 1.54) is 19.3 Å². The molecule has 0 aromatic heterocycles. The number of thiocarbonyl (C=S) groups is 1. The first-order valence-electron chi connectivity index (χ1n) is 6.76. The number of carbonyl (C=O) groups is 1. The number of ketones is 1. The first-order valence-corrected chi connectivity index (χ1v) is 7.17. The molecule has 1 saturated heterocycles. The Kier molecular flexibility index (Phi) is 4.53. The molecule has 1 atom stereocenters. The quantitative estimate of drug-likeness (QED) is 0.662. The van der Waals surface area contributed by atoms with Crippen LogP contribution in [-0.2, 0) is 0 Å². The summed E-state index contributed by atoms with van der Waals surface area (Å²) in [6.07, 6.45) is 3.66. The van der Waals surface area contributed by atoms with Gasteiger partial charge < -0.3 is 10.2 Å². The van der Waals surface area contributed by atoms with Crippen LogP contribution in [0.2, 0.25) is 0 Å². The Balaban J connectivity index is 2.06. The second kappa shape index (κ2) is 6.15. The van der Waals surface area contributed by atoms with Gasteiger partial charge in [-0.3, -0.25) is 4.79 Å². The number of hydrogen-bond donors (Lipinski definition) is 1. The van der Waals surface area contributed by atoms with Crippen LogP contribution in [0, 0.1) is 0 Å². The SMILES string of the molecule is CC(=O)c1cccc(NC(=S)N2CCCCC2C)c1. The molecule has 1 aromatic carbocycles. The molecule has 1 aliphatic rings. The Morgan fingerprint density at radius 3 is 2.89 bits per heavy atom. The van der Waals surface area contributed by atoms with Crippen molar-refractivity contribution in [3.63, 3.8) is 0 Å². The van der Waals surface area contributed by atoms with E-state index in [1.54, 1.807) is 6.92 Å². The van der Waals surface area contributed by atoms with Crippen LogP contribution in [0.15, 0.2) is 24.3 Å². The van der Waals surface area contributed by atoms with Crippen molar-refractivity contribution in [2.75, 3.05) is 11.9 Å². The van der Waals surface area contributed by atoms with Gasteiger partial charge in [0, 0.05) is 23.8 Å². The highest BCUT2D eigenvalue weighted by molar-refractivity contribution is 7.80. The number of Topliss-reactive ketones (excluding diaryl/α,β-unsaturated/α-hetero) is 1. The summed E-state index contributed by atoms with van der Waals surface area (Å²) in [6, 6.07) is 7.97. The predicted octanol–water partition coefficient (Wildman–Crippen LogP) is 3.46. The van der Waals surface area contributed by atoms with Crippen LogP contribution in [0.25, 0.3) is 0 Å². The van der Waals surface area contributed by atoms with E-state index >= 15 is 0 Å². The highest BCUT2D eigenvalue weighted by Crippen LogP contribution is 2.19. The first kappa shape index (κ1) is 14.0. The molecule has 0 spiro atoms. The molecule has 0 radical (unpaired) electrons. The van der Waals surface area contributed by atoms with E-state index in [-0.39, 0.29) is 5.78 Å². The molecule has 1 aromatic rings. The molecule has 0 aliphatic carbocycles. The number of benzene rings is 1. The maximum absolute atomic E-state index is 11.4. The number of hydrogen-bond acceptors (Lipinski definition) is 2. The van der Waals surface area contributed by atoms with Crippen molar-refractivity contribution in [2.45, 2.75) is 39.2 Å². The fourth-order valence-electron chi connectivity index (χ4n) is 2.41. The highest BCUT2D eigenvalue weighted by Gasteiger charge is 2.20. The predicted molar refractivity (Wildman–Crippen MR) is 82.7 cm³/mol. The zero-order valence-electron chi connectivity index (χ0n) is 11.5. The third kappa shape index (κ3) is 3.53. The zero-order chi connectivity index (χ0) is 13.8. The molecule has 1 fully saturated rings. The Morgan fingerprint density at radius 2 is 2.21 bits per heavy atom. The number of rotatable bonds is 2. The van der Waals surface area contributed by atoms with Gasteiger partial charge in [0.1, 0.15) is 0 Å². The third-order valence-electron chi connectivity index (χ3n) is 3.58. The summed E-state index contributed by atoms with van der Waals surface area (Å²) in [5, 5.41) is 4.00. The van der Waals surface area contributed by atoms with E-state index in [9.17, 15) is 4.79 Å². The van der Waals surface area contributed by atoms with Crippen molar-refractivity contribution in [3.8, 4) is 0 Å². The molecule has 0 bridgehead atoms. The third-order valence-corrected chi connectivity index (χ3v) is 3.92. The van der Waals surface area contributed by atoms with Gasteiger partial charge in [-0.15, -0.1) is 0 Å². The second-order valence-corrected chi connectivity index (χ2v) is 5.49. The molecule has 1 unspecified atom stereocenters. The summed E-state index contributed by atoms with van der Waals surface area (Å²) in [7, 11) is 0. The lowest BCUT2D eigenvalue weighted by molar-refractivity contribution is 0.101. The standard InChI is InChI=1S/C15H20N2OS/c1-11-6-3-4-9-17(11)15(19)16-14-8-5-7-13(10-14)12(2)18/h5,7-8,10-11H,3-4,6,9H2,1-2H3,(H,16,19). The summed E-state index contributed by atoms with van der Waals surface area (Å²) in [5.41, 5.74) is 1.59. The Labute approximate surface area is 120 Å². The number of carbonyl (C=O) groups excluding carboxylic acids is 1. The van der Waals surface area contributed by atoms with Gasteiger partial charge in [0.15, 0.2) is 10.9 Å². The Bertz CT molecular complexity index is 487. The van der Waals surface area contributed by atoms with Gasteiger partial charge in [-0.05, 0) is 57.5 Å². The summed E-state index contributed by atoms with van der Waals surface area (Å²) in [4.78, 5) is 13.6. The maximum Gasteiger partial charge on any atom is 0.173 e. The average Bonchev–Trinajstić information content (AvgIpc) is 2.39. The second-order valence-electron chi connectivity index (χ2n) is 5.11. The van der Waals surface area contributed by atoms with E-state index in [0.29, 0.717) is 11.6 Å². The van der Waals surface area contributed by atoms with Crippen LogP contribution in [0.4, 0.5) is 5.69 Å². The minimum absolute atomic E-state index is 0.0703. The van der Waals surface area contributed by atoms with Gasteiger partial charge >= 0.3 is 0 Å². The van der Waals surface area contributed by atoms with E-state index in [2.05, 4.69) is 17.1 Å². The van der Waals surface area contributed by atoms with Crippen LogP contribution in [-0.4, -0.2) is 28.4 Å². The summed E-state index contributed by atoms with van der Waals surface area (Å²) in [6.45, 7) is 4.79. The summed E-state index contributed by atoms with van der Waals surface area (Å²) < 4.78 is 0. The van der Waals surface area contributed by atoms with Crippen LogP contribution in [0.3, 0.4) is 0 Å². The van der Waals surface area contributed by atoms with Crippen LogP contribution in [0.1, 0.15) is 43.5 Å². The van der Waals surface area contributed by atoms with Crippen molar-refractivity contribution < 1.29 is 4.79 Å². The lowest BCUT2D eigenvalue weighted by Gasteiger charge is -2.35. The minimum Gasteiger partial charge on any atom is -0.346 e. The molecule has 0 amide bonds. The fraction of sp³-hybridized carbons (Fsp3) is 0.467. The minimum atomic E-state index is 0.0703. The monoisotopic (exact) mass is 276 g/mol. The van der Waals surface area contributed by atoms with Crippen molar-refractivity contribution in [1.82, 2.24) is 4.90 Å². The van der Waals surface area contributed by atoms with Crippen molar-refractivity contribution >= 4 is 28.8 Å². The Morgan fingerprint density at radius 1 is 1.42 bits per heavy atom. The van der Waals surface area contributed by atoms with Gasteiger partial charge in [-0.2, -0.15) is 0 Å². The number of anilines is 1. The van der Waals surface area contributed by atoms with Crippen LogP contribution in [0.5, 0.6) is 0 Å². The van der Waals surface area contributed by atoms with E-state index in [1.807, 2.05) is 24.3 Å². The van der Waals surface area contributed by atoms with Gasteiger partial charge in [0.05, 0.1) is 0 Å². The van der Waals surface area contributed by atoms with Crippen LogP contribution >= 0.6 is 12.2 Å². The molecule has 3 nitrogen and oxygen atoms in total. The number of nitrogens with zero attached hydrogens (tertiary/aromatic N) is 1. The van der Waals surface area contributed by atoms with E-state index in [4.69, 9.17) is 12.2 Å². The lowest BCUT2D eigenvalue weighted by Crippen LogP contribution is -2.44. The van der Waals surface area contributed by atoms with Crippen molar-refractivity contribution in [1.29, 1.82) is 0 Å². The van der Waals surface area contributed by atoms with Gasteiger partial charge in [0.2, 0.25) is 0 Å². The molecule has 1 heterocycles.